The predicted octanol–water partition coefficient (Wildman–Crippen LogP) is 4.23. The second kappa shape index (κ2) is 8.55. The van der Waals surface area contributed by atoms with Gasteiger partial charge in [0, 0.05) is 35.5 Å². The average Bonchev–Trinajstić information content (AvgIpc) is 3.16. The molecule has 31 heavy (non-hydrogen) atoms. The number of para-hydroxylation sites is 1. The summed E-state index contributed by atoms with van der Waals surface area (Å²) in [7, 11) is 0. The number of nitrogens with zero attached hydrogens (tertiary/aromatic N) is 1. The number of aromatic nitrogens is 3. The summed E-state index contributed by atoms with van der Waals surface area (Å²) in [5, 5.41) is 3.89. The largest absolute Gasteiger partial charge is 0.361 e. The van der Waals surface area contributed by atoms with Gasteiger partial charge in [-0.05, 0) is 23.8 Å². The number of halogens is 1. The number of carbonyl (C=O) groups excluding carboxylic acids is 1. The minimum atomic E-state index is -0.619. The summed E-state index contributed by atoms with van der Waals surface area (Å²) in [6.45, 7) is 3.85. The van der Waals surface area contributed by atoms with Crippen LogP contribution in [0.3, 0.4) is 0 Å². The number of benzene rings is 2. The minimum Gasteiger partial charge on any atom is -0.361 e. The van der Waals surface area contributed by atoms with E-state index in [4.69, 9.17) is 0 Å². The molecule has 158 valence electrons. The van der Waals surface area contributed by atoms with E-state index in [1.54, 1.807) is 6.07 Å². The fourth-order valence-electron chi connectivity index (χ4n) is 3.58. The highest BCUT2D eigenvalue weighted by Crippen LogP contribution is 2.24. The van der Waals surface area contributed by atoms with Crippen LogP contribution < -0.4 is 10.9 Å². The molecule has 0 aliphatic rings. The lowest BCUT2D eigenvalue weighted by molar-refractivity contribution is 0.0931. The molecule has 0 saturated heterocycles. The van der Waals surface area contributed by atoms with Crippen LogP contribution in [0.1, 0.15) is 53.2 Å². The first kappa shape index (κ1) is 20.5. The minimum absolute atomic E-state index is 0.00339. The van der Waals surface area contributed by atoms with Crippen molar-refractivity contribution in [2.24, 2.45) is 0 Å². The van der Waals surface area contributed by atoms with E-state index in [0.29, 0.717) is 17.9 Å². The number of carbonyl (C=O) groups is 1. The highest BCUT2D eigenvalue weighted by Gasteiger charge is 2.22. The van der Waals surface area contributed by atoms with E-state index in [1.165, 1.54) is 24.3 Å². The number of hydrogen-bond acceptors (Lipinski definition) is 3. The van der Waals surface area contributed by atoms with Gasteiger partial charge in [-0.25, -0.2) is 9.37 Å². The summed E-state index contributed by atoms with van der Waals surface area (Å²) in [5.74, 6) is -0.626. The van der Waals surface area contributed by atoms with E-state index >= 15 is 0 Å². The number of amides is 1. The molecule has 2 heterocycles. The Morgan fingerprint density at radius 3 is 2.65 bits per heavy atom. The van der Waals surface area contributed by atoms with Gasteiger partial charge in [-0.15, -0.1) is 0 Å². The Bertz CT molecular complexity index is 1290. The normalized spacial score (nSPS) is 12.3. The van der Waals surface area contributed by atoms with E-state index in [2.05, 4.69) is 20.3 Å². The van der Waals surface area contributed by atoms with Crippen molar-refractivity contribution in [3.05, 3.63) is 99.6 Å². The first-order valence-corrected chi connectivity index (χ1v) is 10.1. The van der Waals surface area contributed by atoms with Crippen LogP contribution in [0.25, 0.3) is 10.9 Å². The highest BCUT2D eigenvalue weighted by atomic mass is 19.1. The van der Waals surface area contributed by atoms with E-state index in [0.717, 1.165) is 16.5 Å². The standard InChI is InChI=1S/C24H23FN4O2/c1-14(2)23-27-21(12-22(30)29-23)20(28-24(31)17-8-3-5-9-18(17)25)11-15-13-26-19-10-6-4-7-16(15)19/h3-10,12-14,20,26H,11H2,1-2H3,(H,28,31)(H,27,29,30)/t20-/m0/s1. The van der Waals surface area contributed by atoms with Crippen LogP contribution in [0.4, 0.5) is 4.39 Å². The molecule has 3 N–H and O–H groups in total. The van der Waals surface area contributed by atoms with Gasteiger partial charge in [-0.2, -0.15) is 0 Å². The molecule has 6 nitrogen and oxygen atoms in total. The van der Waals surface area contributed by atoms with Crippen molar-refractivity contribution in [1.29, 1.82) is 0 Å². The molecule has 2 aromatic carbocycles. The predicted molar refractivity (Wildman–Crippen MR) is 118 cm³/mol. The molecule has 4 rings (SSSR count). The lowest BCUT2D eigenvalue weighted by atomic mass is 10.0. The van der Waals surface area contributed by atoms with Crippen molar-refractivity contribution in [2.75, 3.05) is 0 Å². The summed E-state index contributed by atoms with van der Waals surface area (Å²) >= 11 is 0. The lowest BCUT2D eigenvalue weighted by Gasteiger charge is -2.19. The quantitative estimate of drug-likeness (QED) is 0.438. The fraction of sp³-hybridized carbons (Fsp3) is 0.208. The molecule has 0 aliphatic carbocycles. The third-order valence-electron chi connectivity index (χ3n) is 5.21. The maximum atomic E-state index is 14.2. The summed E-state index contributed by atoms with van der Waals surface area (Å²) in [5.41, 5.74) is 2.02. The van der Waals surface area contributed by atoms with Crippen molar-refractivity contribution in [3.63, 3.8) is 0 Å². The number of aromatic amines is 2. The SMILES string of the molecule is CC(C)c1nc([C@H](Cc2c[nH]c3ccccc23)NC(=O)c2ccccc2F)cc(=O)[nH]1. The number of rotatable bonds is 6. The summed E-state index contributed by atoms with van der Waals surface area (Å²) in [6.07, 6.45) is 2.27. The molecule has 1 atom stereocenters. The second-order valence-corrected chi connectivity index (χ2v) is 7.78. The molecule has 0 spiro atoms. The zero-order valence-electron chi connectivity index (χ0n) is 17.3. The molecular weight excluding hydrogens is 395 g/mol. The van der Waals surface area contributed by atoms with E-state index in [9.17, 15) is 14.0 Å². The van der Waals surface area contributed by atoms with Gasteiger partial charge in [0.15, 0.2) is 0 Å². The first-order valence-electron chi connectivity index (χ1n) is 10.1. The van der Waals surface area contributed by atoms with Gasteiger partial charge < -0.3 is 15.3 Å². The van der Waals surface area contributed by atoms with Gasteiger partial charge in [-0.3, -0.25) is 9.59 Å². The number of H-pyrrole nitrogens is 2. The summed E-state index contributed by atoms with van der Waals surface area (Å²) in [6, 6.07) is 14.4. The van der Waals surface area contributed by atoms with Crippen molar-refractivity contribution in [1.82, 2.24) is 20.3 Å². The highest BCUT2D eigenvalue weighted by molar-refractivity contribution is 5.94. The van der Waals surface area contributed by atoms with Crippen LogP contribution in [0, 0.1) is 5.82 Å². The maximum Gasteiger partial charge on any atom is 0.254 e. The Morgan fingerprint density at radius 1 is 1.13 bits per heavy atom. The molecule has 7 heteroatoms. The Morgan fingerprint density at radius 2 is 1.87 bits per heavy atom. The van der Waals surface area contributed by atoms with E-state index in [1.807, 2.05) is 44.3 Å². The molecule has 2 aromatic heterocycles. The molecule has 4 aromatic rings. The van der Waals surface area contributed by atoms with Gasteiger partial charge >= 0.3 is 0 Å². The lowest BCUT2D eigenvalue weighted by Crippen LogP contribution is -2.32. The molecule has 0 bridgehead atoms. The van der Waals surface area contributed by atoms with Crippen molar-refractivity contribution >= 4 is 16.8 Å². The Labute approximate surface area is 178 Å². The van der Waals surface area contributed by atoms with Crippen LogP contribution in [-0.4, -0.2) is 20.9 Å². The molecule has 0 unspecified atom stereocenters. The Hall–Kier alpha value is -3.74. The molecule has 0 radical (unpaired) electrons. The van der Waals surface area contributed by atoms with E-state index < -0.39 is 17.8 Å². The fourth-order valence-corrected chi connectivity index (χ4v) is 3.58. The number of nitrogens with one attached hydrogen (secondary N) is 3. The third-order valence-corrected chi connectivity index (χ3v) is 5.21. The van der Waals surface area contributed by atoms with Crippen molar-refractivity contribution in [3.8, 4) is 0 Å². The van der Waals surface area contributed by atoms with Gasteiger partial charge in [0.05, 0.1) is 17.3 Å². The molecule has 1 amide bonds. The van der Waals surface area contributed by atoms with Crippen LogP contribution in [0.2, 0.25) is 0 Å². The molecule has 0 fully saturated rings. The van der Waals surface area contributed by atoms with Gasteiger partial charge in [0.1, 0.15) is 11.6 Å². The topological polar surface area (TPSA) is 90.6 Å². The van der Waals surface area contributed by atoms with Crippen LogP contribution >= 0.6 is 0 Å². The average molecular weight is 418 g/mol. The van der Waals surface area contributed by atoms with Crippen LogP contribution in [-0.2, 0) is 6.42 Å². The van der Waals surface area contributed by atoms with Crippen LogP contribution in [0.15, 0.2) is 65.6 Å². The number of hydrogen-bond donors (Lipinski definition) is 3. The van der Waals surface area contributed by atoms with E-state index in [-0.39, 0.29) is 17.0 Å². The van der Waals surface area contributed by atoms with Crippen LogP contribution in [0.5, 0.6) is 0 Å². The summed E-state index contributed by atoms with van der Waals surface area (Å²) < 4.78 is 14.2. The van der Waals surface area contributed by atoms with Gasteiger partial charge in [0.25, 0.3) is 11.5 Å². The van der Waals surface area contributed by atoms with Gasteiger partial charge in [0.2, 0.25) is 0 Å². The van der Waals surface area contributed by atoms with Crippen molar-refractivity contribution < 1.29 is 9.18 Å². The smallest absolute Gasteiger partial charge is 0.254 e. The molecular formula is C24H23FN4O2. The first-order chi connectivity index (χ1) is 14.9. The van der Waals surface area contributed by atoms with Crippen molar-refractivity contribution in [2.45, 2.75) is 32.2 Å². The monoisotopic (exact) mass is 418 g/mol. The second-order valence-electron chi connectivity index (χ2n) is 7.78. The number of fused-ring (bicyclic) bond motifs is 1. The third kappa shape index (κ3) is 4.40. The van der Waals surface area contributed by atoms with Gasteiger partial charge in [-0.1, -0.05) is 44.2 Å². The zero-order valence-corrected chi connectivity index (χ0v) is 17.3. The Kier molecular flexibility index (Phi) is 5.66. The Balaban J connectivity index is 1.74. The zero-order chi connectivity index (χ0) is 22.0. The molecule has 0 saturated carbocycles. The molecule has 0 aliphatic heterocycles. The maximum absolute atomic E-state index is 14.2. The summed E-state index contributed by atoms with van der Waals surface area (Å²) in [4.78, 5) is 35.7.